The third-order valence-corrected chi connectivity index (χ3v) is 4.91. The molecule has 2 atom stereocenters. The predicted octanol–water partition coefficient (Wildman–Crippen LogP) is 3.18. The Bertz CT molecular complexity index is 924. The van der Waals surface area contributed by atoms with E-state index in [9.17, 15) is 22.4 Å². The molecule has 0 N–H and O–H groups in total. The number of nitrogens with zero attached hydrogens (tertiary/aromatic N) is 3. The van der Waals surface area contributed by atoms with Crippen molar-refractivity contribution in [1.29, 1.82) is 0 Å². The van der Waals surface area contributed by atoms with E-state index < -0.39 is 29.8 Å². The second-order valence-corrected chi connectivity index (χ2v) is 6.98. The highest BCUT2D eigenvalue weighted by Gasteiger charge is 2.39. The zero-order valence-electron chi connectivity index (χ0n) is 15.3. The lowest BCUT2D eigenvalue weighted by Crippen LogP contribution is -2.45. The van der Waals surface area contributed by atoms with Gasteiger partial charge in [0.15, 0.2) is 0 Å². The molecule has 29 heavy (non-hydrogen) atoms. The fraction of sp³-hybridized carbons (Fsp3) is 0.500. The van der Waals surface area contributed by atoms with Crippen LogP contribution in [0.3, 0.4) is 0 Å². The van der Waals surface area contributed by atoms with Crippen molar-refractivity contribution in [1.82, 2.24) is 15.0 Å². The molecular weight excluding hydrogens is 398 g/mol. The Labute approximate surface area is 162 Å². The molecule has 1 aromatic heterocycles. The van der Waals surface area contributed by atoms with E-state index in [2.05, 4.69) is 14.7 Å². The van der Waals surface area contributed by atoms with Crippen molar-refractivity contribution in [3.8, 4) is 17.1 Å². The zero-order chi connectivity index (χ0) is 20.8. The number of hydrogen-bond donors (Lipinski definition) is 0. The maximum atomic E-state index is 14.8. The highest BCUT2D eigenvalue weighted by Crippen LogP contribution is 2.34. The van der Waals surface area contributed by atoms with Crippen molar-refractivity contribution in [3.63, 3.8) is 0 Å². The van der Waals surface area contributed by atoms with Gasteiger partial charge in [0, 0.05) is 17.7 Å². The molecule has 0 unspecified atom stereocenters. The number of hydrogen-bond acceptors (Lipinski definition) is 6. The zero-order valence-corrected chi connectivity index (χ0v) is 15.3. The number of halogens is 4. The molecule has 0 radical (unpaired) electrons. The second-order valence-electron chi connectivity index (χ2n) is 6.98. The van der Waals surface area contributed by atoms with Gasteiger partial charge in [-0.1, -0.05) is 5.16 Å². The van der Waals surface area contributed by atoms with Crippen LogP contribution in [0.15, 0.2) is 16.7 Å². The van der Waals surface area contributed by atoms with Gasteiger partial charge in [0.2, 0.25) is 5.82 Å². The topological polar surface area (TPSA) is 77.7 Å². The van der Waals surface area contributed by atoms with Crippen molar-refractivity contribution in [2.75, 3.05) is 13.2 Å². The van der Waals surface area contributed by atoms with Crippen molar-refractivity contribution >= 4 is 5.91 Å². The van der Waals surface area contributed by atoms with Gasteiger partial charge in [-0.15, -0.1) is 0 Å². The quantitative estimate of drug-likeness (QED) is 0.702. The summed E-state index contributed by atoms with van der Waals surface area (Å²) in [4.78, 5) is 17.5. The number of aromatic nitrogens is 2. The van der Waals surface area contributed by atoms with E-state index in [1.807, 2.05) is 0 Å². The predicted molar refractivity (Wildman–Crippen MR) is 89.2 cm³/mol. The number of carbonyl (C=O) groups excluding carboxylic acids is 1. The van der Waals surface area contributed by atoms with Gasteiger partial charge in [-0.3, -0.25) is 4.79 Å². The molecular formula is C18H17F4N3O4. The van der Waals surface area contributed by atoms with Crippen LogP contribution in [0.5, 0.6) is 5.75 Å². The van der Waals surface area contributed by atoms with Gasteiger partial charge in [0.25, 0.3) is 5.91 Å². The Morgan fingerprint density at radius 2 is 2.10 bits per heavy atom. The van der Waals surface area contributed by atoms with Crippen LogP contribution in [0.1, 0.15) is 31.2 Å². The molecule has 156 valence electrons. The normalized spacial score (nSPS) is 22.2. The van der Waals surface area contributed by atoms with Crippen LogP contribution in [-0.4, -0.2) is 46.3 Å². The van der Waals surface area contributed by atoms with Crippen LogP contribution in [0, 0.1) is 5.82 Å². The van der Waals surface area contributed by atoms with E-state index in [4.69, 9.17) is 9.47 Å². The van der Waals surface area contributed by atoms with E-state index in [-0.39, 0.29) is 42.0 Å². The lowest BCUT2D eigenvalue weighted by molar-refractivity contribution is -0.159. The van der Waals surface area contributed by atoms with Gasteiger partial charge < -0.3 is 18.9 Å². The lowest BCUT2D eigenvalue weighted by Gasteiger charge is -2.28. The molecule has 2 aliphatic rings. The molecule has 11 heteroatoms. The fourth-order valence-corrected chi connectivity index (χ4v) is 3.36. The number of benzene rings is 1. The summed E-state index contributed by atoms with van der Waals surface area (Å²) in [6.45, 7) is 2.33. The maximum Gasteiger partial charge on any atom is 0.471 e. The van der Waals surface area contributed by atoms with Gasteiger partial charge in [-0.25, -0.2) is 4.39 Å². The molecule has 2 aromatic rings. The molecule has 2 aliphatic heterocycles. The molecule has 0 bridgehead atoms. The number of rotatable bonds is 2. The first kappa shape index (κ1) is 19.6. The van der Waals surface area contributed by atoms with Gasteiger partial charge in [0.1, 0.15) is 24.3 Å². The summed E-state index contributed by atoms with van der Waals surface area (Å²) in [6, 6.07) is 2.00. The Morgan fingerprint density at radius 1 is 1.31 bits per heavy atom. The monoisotopic (exact) mass is 415 g/mol. The largest absolute Gasteiger partial charge is 0.491 e. The fourth-order valence-electron chi connectivity index (χ4n) is 3.36. The van der Waals surface area contributed by atoms with E-state index >= 15 is 0 Å². The molecule has 1 aromatic carbocycles. The van der Waals surface area contributed by atoms with Gasteiger partial charge in [0.05, 0.1) is 12.6 Å². The molecule has 1 saturated heterocycles. The van der Waals surface area contributed by atoms with Crippen LogP contribution in [-0.2, 0) is 22.3 Å². The van der Waals surface area contributed by atoms with Gasteiger partial charge in [-0.05, 0) is 31.9 Å². The van der Waals surface area contributed by atoms with Gasteiger partial charge in [-0.2, -0.15) is 18.2 Å². The van der Waals surface area contributed by atoms with Crippen LogP contribution in [0.2, 0.25) is 0 Å². The molecule has 7 nitrogen and oxygen atoms in total. The molecule has 0 saturated carbocycles. The minimum atomic E-state index is -4.80. The van der Waals surface area contributed by atoms with E-state index in [1.54, 1.807) is 6.92 Å². The van der Waals surface area contributed by atoms with Crippen LogP contribution in [0.4, 0.5) is 17.6 Å². The number of ether oxygens (including phenoxy) is 2. The first-order chi connectivity index (χ1) is 13.7. The van der Waals surface area contributed by atoms with Crippen molar-refractivity contribution in [2.24, 2.45) is 0 Å². The number of carbonyl (C=O) groups is 1. The van der Waals surface area contributed by atoms with Crippen molar-refractivity contribution in [3.05, 3.63) is 29.4 Å². The Kier molecular flexibility index (Phi) is 4.93. The average molecular weight is 415 g/mol. The summed E-state index contributed by atoms with van der Waals surface area (Å²) >= 11 is 0. The Morgan fingerprint density at radius 3 is 2.76 bits per heavy atom. The third-order valence-electron chi connectivity index (χ3n) is 4.91. The van der Waals surface area contributed by atoms with Crippen LogP contribution >= 0.6 is 0 Å². The average Bonchev–Trinajstić information content (AvgIpc) is 3.33. The molecule has 3 heterocycles. The first-order valence-electron chi connectivity index (χ1n) is 9.02. The first-order valence-corrected chi connectivity index (χ1v) is 9.02. The molecule has 0 spiro atoms. The van der Waals surface area contributed by atoms with E-state index in [1.165, 1.54) is 11.0 Å². The number of alkyl halides is 3. The molecule has 1 fully saturated rings. The molecule has 1 amide bonds. The second kappa shape index (κ2) is 7.29. The minimum Gasteiger partial charge on any atom is -0.491 e. The Balaban J connectivity index is 1.64. The highest BCUT2D eigenvalue weighted by molar-refractivity contribution is 5.81. The minimum absolute atomic E-state index is 0.0212. The summed E-state index contributed by atoms with van der Waals surface area (Å²) in [5.74, 6) is -2.79. The van der Waals surface area contributed by atoms with Crippen LogP contribution < -0.4 is 4.74 Å². The Hall–Kier alpha value is -2.69. The van der Waals surface area contributed by atoms with Crippen molar-refractivity contribution < 1.29 is 36.4 Å². The van der Waals surface area contributed by atoms with E-state index in [0.29, 0.717) is 13.0 Å². The molecule has 0 aliphatic carbocycles. The summed E-state index contributed by atoms with van der Waals surface area (Å²) in [5, 5.41) is 3.27. The van der Waals surface area contributed by atoms with Crippen molar-refractivity contribution in [2.45, 2.75) is 44.6 Å². The van der Waals surface area contributed by atoms with Crippen LogP contribution in [0.25, 0.3) is 11.4 Å². The van der Waals surface area contributed by atoms with Gasteiger partial charge >= 0.3 is 12.1 Å². The smallest absolute Gasteiger partial charge is 0.471 e. The highest BCUT2D eigenvalue weighted by atomic mass is 19.4. The summed E-state index contributed by atoms with van der Waals surface area (Å²) in [7, 11) is 0. The summed E-state index contributed by atoms with van der Waals surface area (Å²) < 4.78 is 68.1. The number of amides is 1. The third kappa shape index (κ3) is 3.78. The van der Waals surface area contributed by atoms with E-state index in [0.717, 1.165) is 12.5 Å². The molecule has 4 rings (SSSR count). The SMILES string of the molecule is C[C@H]1COc2cc(-c3noc(C(F)(F)F)n3)cc(F)c2CN1C(=O)[C@@H]1CCCO1. The standard InChI is InChI=1S/C18H17F4N3O4/c1-9-8-28-14-6-10(15-23-17(29-24-15)18(20,21)22)5-12(19)11(14)7-25(9)16(26)13-3-2-4-27-13/h5-6,9,13H,2-4,7-8H2,1H3/t9-,13-/m0/s1. The lowest BCUT2D eigenvalue weighted by atomic mass is 10.1. The summed E-state index contributed by atoms with van der Waals surface area (Å²) in [5.41, 5.74) is 0.107. The number of fused-ring (bicyclic) bond motifs is 1. The maximum absolute atomic E-state index is 14.8. The summed E-state index contributed by atoms with van der Waals surface area (Å²) in [6.07, 6.45) is -3.96.